The van der Waals surface area contributed by atoms with Crippen molar-refractivity contribution in [2.45, 2.75) is 0 Å². The summed E-state index contributed by atoms with van der Waals surface area (Å²) in [5, 5.41) is 23.4. The van der Waals surface area contributed by atoms with Gasteiger partial charge in [0, 0.05) is 23.0 Å². The third-order valence-corrected chi connectivity index (χ3v) is 4.11. The van der Waals surface area contributed by atoms with Crippen LogP contribution in [-0.4, -0.2) is 53.8 Å². The Kier molecular flexibility index (Phi) is 4.58. The molecule has 2 aromatic rings. The van der Waals surface area contributed by atoms with Gasteiger partial charge in [-0.25, -0.2) is 4.79 Å². The van der Waals surface area contributed by atoms with Gasteiger partial charge in [-0.1, -0.05) is 24.3 Å². The number of phenolic OH excluding ortho intramolecular Hbond substituents is 1. The van der Waals surface area contributed by atoms with Crippen LogP contribution >= 0.6 is 0 Å². The van der Waals surface area contributed by atoms with Crippen molar-refractivity contribution < 1.29 is 24.5 Å². The largest absolute Gasteiger partial charge is 0.507 e. The molecule has 0 spiro atoms. The Bertz CT molecular complexity index is 875. The van der Waals surface area contributed by atoms with Crippen molar-refractivity contribution in [1.82, 2.24) is 4.90 Å². The summed E-state index contributed by atoms with van der Waals surface area (Å²) in [6.45, 7) is 0.000855. The molecule has 7 nitrogen and oxygen atoms in total. The van der Waals surface area contributed by atoms with Crippen LogP contribution in [0.15, 0.2) is 47.7 Å². The number of fused-ring (bicyclic) bond motifs is 1. The number of hydrogen-bond donors (Lipinski definition) is 3. The van der Waals surface area contributed by atoms with Gasteiger partial charge in [0.15, 0.2) is 0 Å². The summed E-state index contributed by atoms with van der Waals surface area (Å²) < 4.78 is 4.77. The number of nitrogens with one attached hydrogen (secondary N) is 1. The van der Waals surface area contributed by atoms with E-state index in [2.05, 4.69) is 5.32 Å². The topological polar surface area (TPSA) is 99.1 Å². The summed E-state index contributed by atoms with van der Waals surface area (Å²) >= 11 is 0. The number of aliphatic hydroxyl groups excluding tert-OH is 1. The lowest BCUT2D eigenvalue weighted by molar-refractivity contribution is -0.136. The molecule has 0 atom stereocenters. The van der Waals surface area contributed by atoms with Crippen LogP contribution < -0.4 is 5.32 Å². The number of rotatable bonds is 5. The molecule has 2 aromatic carbocycles. The third-order valence-electron chi connectivity index (χ3n) is 4.11. The highest BCUT2D eigenvalue weighted by Gasteiger charge is 2.34. The highest BCUT2D eigenvalue weighted by molar-refractivity contribution is 6.10. The van der Waals surface area contributed by atoms with Gasteiger partial charge < -0.3 is 25.2 Å². The van der Waals surface area contributed by atoms with Crippen molar-refractivity contribution in [3.63, 3.8) is 0 Å². The molecule has 0 bridgehead atoms. The van der Waals surface area contributed by atoms with E-state index in [9.17, 15) is 14.7 Å². The predicted octanol–water partition coefficient (Wildman–Crippen LogP) is 1.22. The standard InChI is InChI=1S/C18H18N2O5/c1-25-18(24)13-10-20(8-9-21)17(23)16(13)19-14-6-2-5-12-11(14)4-3-7-15(12)22/h2-7,19,21-22H,8-10H2,1H3. The first-order chi connectivity index (χ1) is 12.1. The molecule has 3 N–H and O–H groups in total. The van der Waals surface area contributed by atoms with E-state index in [0.29, 0.717) is 16.5 Å². The minimum Gasteiger partial charge on any atom is -0.507 e. The maximum absolute atomic E-state index is 12.6. The molecule has 0 unspecified atom stereocenters. The molecule has 25 heavy (non-hydrogen) atoms. The molecule has 0 saturated heterocycles. The number of hydrogen-bond acceptors (Lipinski definition) is 6. The Hall–Kier alpha value is -3.06. The van der Waals surface area contributed by atoms with E-state index in [4.69, 9.17) is 9.84 Å². The first-order valence-electron chi connectivity index (χ1n) is 7.76. The molecule has 7 heteroatoms. The maximum atomic E-state index is 12.6. The van der Waals surface area contributed by atoms with Crippen LogP contribution in [0.2, 0.25) is 0 Å². The highest BCUT2D eigenvalue weighted by atomic mass is 16.5. The van der Waals surface area contributed by atoms with Crippen LogP contribution in [0.1, 0.15) is 0 Å². The van der Waals surface area contributed by atoms with Gasteiger partial charge in [0.2, 0.25) is 0 Å². The SMILES string of the molecule is COC(=O)C1=C(Nc2cccc3c(O)cccc23)C(=O)N(CCO)C1. The highest BCUT2D eigenvalue weighted by Crippen LogP contribution is 2.32. The Morgan fingerprint density at radius 3 is 2.68 bits per heavy atom. The third kappa shape index (κ3) is 3.01. The number of benzene rings is 2. The number of nitrogens with zero attached hydrogens (tertiary/aromatic N) is 1. The molecule has 1 heterocycles. The number of ether oxygens (including phenoxy) is 1. The van der Waals surface area contributed by atoms with Gasteiger partial charge in [0.1, 0.15) is 11.4 Å². The number of β-amino-alcohol motifs (C(OH)–C–C–N with tert-alkyl or cyclic N) is 1. The molecule has 130 valence electrons. The average molecular weight is 342 g/mol. The number of esters is 1. The van der Waals surface area contributed by atoms with E-state index in [1.807, 2.05) is 0 Å². The lowest BCUT2D eigenvalue weighted by atomic mass is 10.1. The fraction of sp³-hybridized carbons (Fsp3) is 0.222. The summed E-state index contributed by atoms with van der Waals surface area (Å²) in [6.07, 6.45) is 0. The van der Waals surface area contributed by atoms with Crippen molar-refractivity contribution in [3.8, 4) is 5.75 Å². The van der Waals surface area contributed by atoms with Gasteiger partial charge in [-0.15, -0.1) is 0 Å². The molecule has 0 radical (unpaired) electrons. The zero-order valence-electron chi connectivity index (χ0n) is 13.7. The van der Waals surface area contributed by atoms with Crippen molar-refractivity contribution >= 4 is 28.3 Å². The molecular formula is C18H18N2O5. The molecule has 3 rings (SSSR count). The number of methoxy groups -OCH3 is 1. The number of phenols is 1. The number of aromatic hydroxyl groups is 1. The monoisotopic (exact) mass is 342 g/mol. The summed E-state index contributed by atoms with van der Waals surface area (Å²) in [5.41, 5.74) is 0.915. The smallest absolute Gasteiger partial charge is 0.337 e. The van der Waals surface area contributed by atoms with Crippen molar-refractivity contribution in [1.29, 1.82) is 0 Å². The predicted molar refractivity (Wildman–Crippen MR) is 91.9 cm³/mol. The Morgan fingerprint density at radius 2 is 1.96 bits per heavy atom. The fourth-order valence-corrected chi connectivity index (χ4v) is 2.89. The lowest BCUT2D eigenvalue weighted by Gasteiger charge is -2.15. The summed E-state index contributed by atoms with van der Waals surface area (Å²) in [5.74, 6) is -0.853. The maximum Gasteiger partial charge on any atom is 0.337 e. The van der Waals surface area contributed by atoms with E-state index < -0.39 is 5.97 Å². The van der Waals surface area contributed by atoms with Gasteiger partial charge in [-0.05, 0) is 12.1 Å². The number of carbonyl (C=O) groups excluding carboxylic acids is 2. The molecule has 1 aliphatic heterocycles. The first-order valence-corrected chi connectivity index (χ1v) is 7.76. The van der Waals surface area contributed by atoms with E-state index in [0.717, 1.165) is 0 Å². The molecular weight excluding hydrogens is 324 g/mol. The quantitative estimate of drug-likeness (QED) is 0.707. The molecule has 0 fully saturated rings. The van der Waals surface area contributed by atoms with Crippen molar-refractivity contribution in [2.24, 2.45) is 0 Å². The summed E-state index contributed by atoms with van der Waals surface area (Å²) in [7, 11) is 1.25. The zero-order valence-corrected chi connectivity index (χ0v) is 13.7. The second-order valence-electron chi connectivity index (χ2n) is 5.60. The second-order valence-corrected chi connectivity index (χ2v) is 5.60. The van der Waals surface area contributed by atoms with Crippen LogP contribution in [0.25, 0.3) is 10.8 Å². The minimum atomic E-state index is -0.598. The average Bonchev–Trinajstić information content (AvgIpc) is 2.92. The van der Waals surface area contributed by atoms with Crippen LogP contribution in [0.4, 0.5) is 5.69 Å². The van der Waals surface area contributed by atoms with E-state index in [1.165, 1.54) is 12.0 Å². The number of aliphatic hydroxyl groups is 1. The molecule has 0 saturated carbocycles. The summed E-state index contributed by atoms with van der Waals surface area (Å²) in [4.78, 5) is 26.0. The lowest BCUT2D eigenvalue weighted by Crippen LogP contribution is -2.31. The van der Waals surface area contributed by atoms with Gasteiger partial charge in [0.25, 0.3) is 5.91 Å². The number of amides is 1. The summed E-state index contributed by atoms with van der Waals surface area (Å²) in [6, 6.07) is 10.3. The molecule has 0 aromatic heterocycles. The van der Waals surface area contributed by atoms with E-state index in [-0.39, 0.29) is 42.6 Å². The van der Waals surface area contributed by atoms with Crippen LogP contribution in [0.3, 0.4) is 0 Å². The normalized spacial score (nSPS) is 14.3. The first kappa shape index (κ1) is 16.8. The second kappa shape index (κ2) is 6.82. The van der Waals surface area contributed by atoms with Crippen molar-refractivity contribution in [3.05, 3.63) is 47.7 Å². The molecule has 0 aliphatic carbocycles. The van der Waals surface area contributed by atoms with Crippen molar-refractivity contribution in [2.75, 3.05) is 32.1 Å². The Morgan fingerprint density at radius 1 is 1.24 bits per heavy atom. The van der Waals surface area contributed by atoms with Crippen LogP contribution in [0, 0.1) is 0 Å². The van der Waals surface area contributed by atoms with Gasteiger partial charge >= 0.3 is 5.97 Å². The van der Waals surface area contributed by atoms with E-state index >= 15 is 0 Å². The van der Waals surface area contributed by atoms with Gasteiger partial charge in [0.05, 0.1) is 25.8 Å². The Balaban J connectivity index is 2.04. The van der Waals surface area contributed by atoms with Crippen LogP contribution in [-0.2, 0) is 14.3 Å². The fourth-order valence-electron chi connectivity index (χ4n) is 2.89. The Labute approximate surface area is 144 Å². The minimum absolute atomic E-state index is 0.0738. The van der Waals surface area contributed by atoms with Crippen LogP contribution in [0.5, 0.6) is 5.75 Å². The number of carbonyl (C=O) groups is 2. The molecule has 1 aliphatic rings. The van der Waals surface area contributed by atoms with Gasteiger partial charge in [-0.3, -0.25) is 4.79 Å². The van der Waals surface area contributed by atoms with Gasteiger partial charge in [-0.2, -0.15) is 0 Å². The zero-order chi connectivity index (χ0) is 18.0. The molecule has 1 amide bonds. The van der Waals surface area contributed by atoms with E-state index in [1.54, 1.807) is 36.4 Å². The number of anilines is 1.